The van der Waals surface area contributed by atoms with Crippen LogP contribution in [0.1, 0.15) is 50.7 Å². The second-order valence-electron chi connectivity index (χ2n) is 6.89. The third-order valence-corrected chi connectivity index (χ3v) is 4.70. The Morgan fingerprint density at radius 3 is 2.45 bits per heavy atom. The summed E-state index contributed by atoms with van der Waals surface area (Å²) in [5.74, 6) is 2.35. The van der Waals surface area contributed by atoms with E-state index in [9.17, 15) is 9.59 Å². The van der Waals surface area contributed by atoms with Gasteiger partial charge in [0.05, 0.1) is 5.69 Å². The number of aliphatic hydroxyl groups excluding tert-OH is 1. The van der Waals surface area contributed by atoms with Crippen molar-refractivity contribution in [1.29, 1.82) is 0 Å². The Bertz CT molecular complexity index is 1090. The molecule has 1 unspecified atom stereocenters. The molecule has 1 atom stereocenters. The zero-order valence-electron chi connectivity index (χ0n) is 18.8. The molecule has 0 spiro atoms. The van der Waals surface area contributed by atoms with E-state index in [-0.39, 0.29) is 19.1 Å². The fraction of sp³-hybridized carbons (Fsp3) is 0.308. The fourth-order valence-electron chi connectivity index (χ4n) is 3.04. The van der Waals surface area contributed by atoms with Crippen molar-refractivity contribution in [3.8, 4) is 29.2 Å². The number of terminal acetylenes is 1. The number of pyridine rings is 1. The number of Topliss-reactive ketones (excluding diaryl/α,β-unsaturated/α-hetero) is 1. The standard InChI is InChI=1S/C18H13N3O.C5H9NO2.C2H6.CH4/c1-3-14-6-4-8-16(10-14)21-12-17(18(20-21)13(2)22)15-7-5-9-19-11-15;1-6-3-2-4(7)5(6)8;1-2;/h1,4-12H,2H3;4,7H,2-3H2,1H3;1-2H3;1H4. The minimum absolute atomic E-state index is 0. The smallest absolute Gasteiger partial charge is 0.251 e. The predicted octanol–water partition coefficient (Wildman–Crippen LogP) is 3.99. The van der Waals surface area contributed by atoms with E-state index in [1.165, 1.54) is 11.8 Å². The van der Waals surface area contributed by atoms with Gasteiger partial charge in [-0.2, -0.15) is 5.10 Å². The van der Waals surface area contributed by atoms with Gasteiger partial charge in [-0.05, 0) is 30.7 Å². The van der Waals surface area contributed by atoms with Crippen LogP contribution in [0.3, 0.4) is 0 Å². The van der Waals surface area contributed by atoms with Crippen LogP contribution in [-0.4, -0.2) is 56.2 Å². The van der Waals surface area contributed by atoms with Gasteiger partial charge < -0.3 is 10.0 Å². The molecule has 33 heavy (non-hydrogen) atoms. The molecule has 7 nitrogen and oxygen atoms in total. The van der Waals surface area contributed by atoms with Crippen molar-refractivity contribution in [3.63, 3.8) is 0 Å². The van der Waals surface area contributed by atoms with Crippen LogP contribution in [0.5, 0.6) is 0 Å². The Morgan fingerprint density at radius 2 is 1.97 bits per heavy atom. The lowest BCUT2D eigenvalue weighted by Gasteiger charge is -2.04. The maximum atomic E-state index is 11.9. The molecule has 1 aromatic carbocycles. The largest absolute Gasteiger partial charge is 0.383 e. The second-order valence-corrected chi connectivity index (χ2v) is 6.89. The molecule has 1 saturated heterocycles. The number of benzene rings is 1. The van der Waals surface area contributed by atoms with Crippen LogP contribution in [0, 0.1) is 12.3 Å². The summed E-state index contributed by atoms with van der Waals surface area (Å²) >= 11 is 0. The first-order valence-electron chi connectivity index (χ1n) is 10.4. The van der Waals surface area contributed by atoms with E-state index in [1.807, 2.05) is 56.4 Å². The summed E-state index contributed by atoms with van der Waals surface area (Å²) in [6.45, 7) is 6.20. The van der Waals surface area contributed by atoms with Crippen molar-refractivity contribution >= 4 is 11.7 Å². The van der Waals surface area contributed by atoms with Gasteiger partial charge in [-0.1, -0.05) is 39.3 Å². The molecule has 7 heteroatoms. The van der Waals surface area contributed by atoms with Crippen molar-refractivity contribution in [2.24, 2.45) is 0 Å². The molecule has 3 aromatic rings. The lowest BCUT2D eigenvalue weighted by atomic mass is 10.1. The molecule has 1 amide bonds. The van der Waals surface area contributed by atoms with E-state index in [0.717, 1.165) is 22.4 Å². The van der Waals surface area contributed by atoms with E-state index in [0.29, 0.717) is 18.7 Å². The molecule has 0 bridgehead atoms. The second kappa shape index (κ2) is 12.9. The number of amides is 1. The van der Waals surface area contributed by atoms with Gasteiger partial charge in [0, 0.05) is 55.8 Å². The number of ketones is 1. The summed E-state index contributed by atoms with van der Waals surface area (Å²) in [5.41, 5.74) is 3.60. The van der Waals surface area contributed by atoms with Crippen molar-refractivity contribution in [1.82, 2.24) is 19.7 Å². The Kier molecular flexibility index (Phi) is 10.7. The minimum atomic E-state index is -0.722. The van der Waals surface area contributed by atoms with Gasteiger partial charge in [0.25, 0.3) is 5.91 Å². The van der Waals surface area contributed by atoms with Gasteiger partial charge in [0.1, 0.15) is 11.8 Å². The first-order chi connectivity index (χ1) is 15.4. The lowest BCUT2D eigenvalue weighted by molar-refractivity contribution is -0.133. The van der Waals surface area contributed by atoms with Gasteiger partial charge >= 0.3 is 0 Å². The third-order valence-electron chi connectivity index (χ3n) is 4.70. The lowest BCUT2D eigenvalue weighted by Crippen LogP contribution is -2.24. The van der Waals surface area contributed by atoms with Crippen LogP contribution in [0.15, 0.2) is 55.0 Å². The van der Waals surface area contributed by atoms with Gasteiger partial charge in [-0.25, -0.2) is 4.68 Å². The number of likely N-dealkylation sites (tertiary alicyclic amines) is 1. The van der Waals surface area contributed by atoms with Gasteiger partial charge in [0.2, 0.25) is 0 Å². The topological polar surface area (TPSA) is 88.3 Å². The summed E-state index contributed by atoms with van der Waals surface area (Å²) in [7, 11) is 1.69. The van der Waals surface area contributed by atoms with E-state index in [1.54, 1.807) is 24.1 Å². The third kappa shape index (κ3) is 6.86. The summed E-state index contributed by atoms with van der Waals surface area (Å²) in [4.78, 5) is 28.1. The molecule has 1 aliphatic rings. The highest BCUT2D eigenvalue weighted by atomic mass is 16.3. The SMILES string of the molecule is C.C#Cc1cccc(-n2cc(-c3cccnc3)c(C(C)=O)n2)c1.CC.CN1CCC(O)C1=O. The molecule has 0 saturated carbocycles. The molecule has 174 valence electrons. The summed E-state index contributed by atoms with van der Waals surface area (Å²) < 4.78 is 1.67. The Hall–Kier alpha value is -3.76. The summed E-state index contributed by atoms with van der Waals surface area (Å²) in [6.07, 6.45) is 10.5. The van der Waals surface area contributed by atoms with Crippen molar-refractivity contribution in [2.45, 2.75) is 40.7 Å². The Labute approximate surface area is 196 Å². The van der Waals surface area contributed by atoms with Crippen molar-refractivity contribution < 1.29 is 14.7 Å². The number of nitrogens with zero attached hydrogens (tertiary/aromatic N) is 4. The molecule has 3 heterocycles. The van der Waals surface area contributed by atoms with E-state index < -0.39 is 6.10 Å². The highest BCUT2D eigenvalue weighted by molar-refractivity contribution is 5.98. The molecule has 4 rings (SSSR count). The number of carbonyl (C=O) groups excluding carboxylic acids is 2. The minimum Gasteiger partial charge on any atom is -0.383 e. The first kappa shape index (κ1) is 27.3. The van der Waals surface area contributed by atoms with Gasteiger partial charge in [-0.3, -0.25) is 14.6 Å². The summed E-state index contributed by atoms with van der Waals surface area (Å²) in [6, 6.07) is 11.2. The highest BCUT2D eigenvalue weighted by Gasteiger charge is 2.26. The number of hydrogen-bond acceptors (Lipinski definition) is 5. The molecule has 1 N–H and O–H groups in total. The molecule has 2 aromatic heterocycles. The Balaban J connectivity index is 0.000000418. The highest BCUT2D eigenvalue weighted by Crippen LogP contribution is 2.24. The van der Waals surface area contributed by atoms with Crippen LogP contribution in [0.4, 0.5) is 0 Å². The van der Waals surface area contributed by atoms with Crippen molar-refractivity contribution in [3.05, 3.63) is 66.2 Å². The zero-order valence-corrected chi connectivity index (χ0v) is 18.8. The average Bonchev–Trinajstić information content (AvgIpc) is 3.41. The number of likely N-dealkylation sites (N-methyl/N-ethyl adjacent to an activating group) is 1. The summed E-state index contributed by atoms with van der Waals surface area (Å²) in [5, 5.41) is 13.2. The maximum Gasteiger partial charge on any atom is 0.251 e. The molecule has 1 aliphatic heterocycles. The average molecular weight is 449 g/mol. The predicted molar refractivity (Wildman–Crippen MR) is 131 cm³/mol. The monoisotopic (exact) mass is 448 g/mol. The Morgan fingerprint density at radius 1 is 1.24 bits per heavy atom. The van der Waals surface area contributed by atoms with Crippen LogP contribution >= 0.6 is 0 Å². The zero-order chi connectivity index (χ0) is 23.7. The van der Waals surface area contributed by atoms with Crippen LogP contribution in [0.2, 0.25) is 0 Å². The number of rotatable bonds is 3. The van der Waals surface area contributed by atoms with Gasteiger partial charge in [-0.15, -0.1) is 6.42 Å². The normalized spacial score (nSPS) is 14.1. The van der Waals surface area contributed by atoms with E-state index in [4.69, 9.17) is 11.5 Å². The van der Waals surface area contributed by atoms with Crippen LogP contribution in [0.25, 0.3) is 16.8 Å². The van der Waals surface area contributed by atoms with Crippen LogP contribution in [-0.2, 0) is 4.79 Å². The number of aliphatic hydroxyl groups is 1. The molecular weight excluding hydrogens is 416 g/mol. The molecular formula is C26H32N4O3. The molecule has 0 radical (unpaired) electrons. The van der Waals surface area contributed by atoms with E-state index in [2.05, 4.69) is 16.0 Å². The number of hydrogen-bond donors (Lipinski definition) is 1. The quantitative estimate of drug-likeness (QED) is 0.483. The molecule has 0 aliphatic carbocycles. The fourth-order valence-corrected chi connectivity index (χ4v) is 3.04. The van der Waals surface area contributed by atoms with E-state index >= 15 is 0 Å². The number of carbonyl (C=O) groups is 2. The molecule has 1 fully saturated rings. The van der Waals surface area contributed by atoms with Crippen LogP contribution < -0.4 is 0 Å². The first-order valence-corrected chi connectivity index (χ1v) is 10.4. The number of aromatic nitrogens is 3. The van der Waals surface area contributed by atoms with Gasteiger partial charge in [0.15, 0.2) is 5.78 Å². The maximum absolute atomic E-state index is 11.9. The van der Waals surface area contributed by atoms with Crippen molar-refractivity contribution in [2.75, 3.05) is 13.6 Å².